The number of unbranched alkanes of at least 4 members (excludes halogenated alkanes) is 16. The molecule has 0 aromatic rings. The van der Waals surface area contributed by atoms with Gasteiger partial charge in [0.15, 0.2) is 0 Å². The maximum atomic E-state index is 11.7. The molecular weight excluding hydrogens is 648 g/mol. The highest BCUT2D eigenvalue weighted by Gasteiger charge is 2.15. The zero-order chi connectivity index (χ0) is 37.6. The number of aliphatic hydroxyl groups excluding tert-OH is 4. The third-order valence-corrected chi connectivity index (χ3v) is 9.07. The van der Waals surface area contributed by atoms with Crippen molar-refractivity contribution in [1.29, 1.82) is 0 Å². The number of carbonyl (C=O) groups is 2. The lowest BCUT2D eigenvalue weighted by atomic mass is 10.0. The molecule has 0 aliphatic heterocycles. The van der Waals surface area contributed by atoms with Crippen LogP contribution in [0.5, 0.6) is 0 Å². The molecule has 0 saturated carbocycles. The molecule has 0 amide bonds. The van der Waals surface area contributed by atoms with Crippen molar-refractivity contribution in [2.45, 2.75) is 205 Å². The molecule has 300 valence electrons. The Morgan fingerprint density at radius 2 is 0.882 bits per heavy atom. The van der Waals surface area contributed by atoms with Crippen LogP contribution in [0.25, 0.3) is 0 Å². The molecule has 51 heavy (non-hydrogen) atoms. The molecule has 4 atom stereocenters. The maximum absolute atomic E-state index is 11.7. The lowest BCUT2D eigenvalue weighted by Gasteiger charge is -2.24. The Bertz CT molecular complexity index is 765. The van der Waals surface area contributed by atoms with Crippen molar-refractivity contribution in [3.63, 3.8) is 0 Å². The van der Waals surface area contributed by atoms with Crippen LogP contribution < -0.4 is 0 Å². The molecule has 4 N–H and O–H groups in total. The van der Waals surface area contributed by atoms with Gasteiger partial charge in [0.2, 0.25) is 0 Å². The normalized spacial score (nSPS) is 14.2. The molecule has 0 aromatic carbocycles. The van der Waals surface area contributed by atoms with Crippen LogP contribution in [0.2, 0.25) is 0 Å². The highest BCUT2D eigenvalue weighted by atomic mass is 16.5. The Hall–Kier alpha value is -1.78. The van der Waals surface area contributed by atoms with Crippen molar-refractivity contribution in [2.75, 3.05) is 26.4 Å². The Labute approximate surface area is 311 Å². The fourth-order valence-electron chi connectivity index (χ4n) is 5.84. The van der Waals surface area contributed by atoms with Gasteiger partial charge in [-0.25, -0.2) is 0 Å². The van der Waals surface area contributed by atoms with Crippen molar-refractivity contribution in [3.8, 4) is 0 Å². The molecule has 0 aliphatic rings. The van der Waals surface area contributed by atoms with E-state index in [1.54, 1.807) is 0 Å². The first kappa shape index (κ1) is 49.2. The van der Waals surface area contributed by atoms with Crippen LogP contribution >= 0.6 is 0 Å². The second-order valence-corrected chi connectivity index (χ2v) is 14.1. The fourth-order valence-corrected chi connectivity index (χ4v) is 5.84. The van der Waals surface area contributed by atoms with Gasteiger partial charge in [-0.15, -0.1) is 0 Å². The van der Waals surface area contributed by atoms with Gasteiger partial charge < -0.3 is 34.6 Å². The van der Waals surface area contributed by atoms with Gasteiger partial charge in [-0.2, -0.15) is 0 Å². The van der Waals surface area contributed by atoms with E-state index in [4.69, 9.17) is 24.4 Å². The van der Waals surface area contributed by atoms with E-state index in [0.717, 1.165) is 103 Å². The summed E-state index contributed by atoms with van der Waals surface area (Å²) in [4.78, 5) is 23.4. The van der Waals surface area contributed by atoms with E-state index in [9.17, 15) is 19.8 Å². The number of carbonyl (C=O) groups excluding carboxylic acids is 2. The van der Waals surface area contributed by atoms with Gasteiger partial charge in [-0.1, -0.05) is 128 Å². The Morgan fingerprint density at radius 1 is 0.510 bits per heavy atom. The summed E-state index contributed by atoms with van der Waals surface area (Å²) >= 11 is 0. The molecule has 9 heteroatoms. The SMILES string of the molecule is CCCCCCC(C/C=C\CCCCCCCC(=O)OC[C@@H](O)CO)OC(C/C=C\CCCCCCCC(=O)OC[C@@H](O)CO)CCCCCC. The molecule has 0 aliphatic carbocycles. The predicted molar refractivity (Wildman–Crippen MR) is 206 cm³/mol. The molecule has 0 fully saturated rings. The number of aliphatic hydroxyl groups is 4. The van der Waals surface area contributed by atoms with Crippen LogP contribution in [-0.2, 0) is 23.8 Å². The van der Waals surface area contributed by atoms with Crippen LogP contribution in [0, 0.1) is 0 Å². The first-order chi connectivity index (χ1) is 24.9. The van der Waals surface area contributed by atoms with Crippen LogP contribution in [0.4, 0.5) is 0 Å². The summed E-state index contributed by atoms with van der Waals surface area (Å²) in [6.07, 6.45) is 35.2. The molecule has 0 saturated heterocycles. The van der Waals surface area contributed by atoms with E-state index in [-0.39, 0.29) is 37.4 Å². The van der Waals surface area contributed by atoms with E-state index < -0.39 is 25.4 Å². The quantitative estimate of drug-likeness (QED) is 0.0279. The maximum Gasteiger partial charge on any atom is 0.305 e. The molecule has 9 nitrogen and oxygen atoms in total. The standard InChI is InChI=1S/C42H78O9/c1-3-5-7-21-27-39(29-23-17-13-9-11-15-19-25-31-41(47)49-35-37(45)33-43)51-40(28-22-8-6-4-2)30-24-18-14-10-12-16-20-26-32-42(48)50-36-38(46)34-44/h17-18,23-24,37-40,43-46H,3-16,19-22,25-36H2,1-2H3/b23-17-,24-18-/t37-,38-,39?,40?/m0/s1. The molecule has 0 radical (unpaired) electrons. The fraction of sp³-hybridized carbons (Fsp3) is 0.857. The minimum atomic E-state index is -0.996. The minimum Gasteiger partial charge on any atom is -0.463 e. The summed E-state index contributed by atoms with van der Waals surface area (Å²) in [6.45, 7) is 3.43. The smallest absolute Gasteiger partial charge is 0.305 e. The minimum absolute atomic E-state index is 0.141. The first-order valence-corrected chi connectivity index (χ1v) is 20.7. The lowest BCUT2D eigenvalue weighted by molar-refractivity contribution is -0.148. The van der Waals surface area contributed by atoms with E-state index in [2.05, 4.69) is 38.2 Å². The van der Waals surface area contributed by atoms with Gasteiger partial charge in [0.1, 0.15) is 25.4 Å². The van der Waals surface area contributed by atoms with Gasteiger partial charge in [-0.05, 0) is 64.2 Å². The number of ether oxygens (including phenoxy) is 3. The first-order valence-electron chi connectivity index (χ1n) is 20.7. The third-order valence-electron chi connectivity index (χ3n) is 9.07. The molecule has 0 aromatic heterocycles. The highest BCUT2D eigenvalue weighted by Crippen LogP contribution is 2.20. The van der Waals surface area contributed by atoms with E-state index in [0.29, 0.717) is 12.8 Å². The van der Waals surface area contributed by atoms with Crippen molar-refractivity contribution < 1.29 is 44.2 Å². The average Bonchev–Trinajstić information content (AvgIpc) is 3.13. The number of esters is 2. The largest absolute Gasteiger partial charge is 0.463 e. The second-order valence-electron chi connectivity index (χ2n) is 14.1. The molecule has 0 rings (SSSR count). The van der Waals surface area contributed by atoms with Crippen molar-refractivity contribution in [2.24, 2.45) is 0 Å². The number of allylic oxidation sites excluding steroid dienone is 2. The number of rotatable bonds is 38. The topological polar surface area (TPSA) is 143 Å². The monoisotopic (exact) mass is 727 g/mol. The van der Waals surface area contributed by atoms with Crippen LogP contribution in [0.3, 0.4) is 0 Å². The Kier molecular flexibility index (Phi) is 36.6. The molecule has 2 unspecified atom stereocenters. The van der Waals surface area contributed by atoms with E-state index in [1.807, 2.05) is 0 Å². The van der Waals surface area contributed by atoms with E-state index in [1.165, 1.54) is 51.4 Å². The molecule has 0 heterocycles. The second kappa shape index (κ2) is 38.0. The van der Waals surface area contributed by atoms with Gasteiger partial charge in [0.05, 0.1) is 25.4 Å². The highest BCUT2D eigenvalue weighted by molar-refractivity contribution is 5.69. The van der Waals surface area contributed by atoms with Crippen LogP contribution in [0.15, 0.2) is 24.3 Å². The zero-order valence-corrected chi connectivity index (χ0v) is 32.7. The zero-order valence-electron chi connectivity index (χ0n) is 32.7. The van der Waals surface area contributed by atoms with Gasteiger partial charge in [0, 0.05) is 12.8 Å². The van der Waals surface area contributed by atoms with Crippen molar-refractivity contribution in [1.82, 2.24) is 0 Å². The summed E-state index contributed by atoms with van der Waals surface area (Å²) in [5.41, 5.74) is 0. The van der Waals surface area contributed by atoms with E-state index >= 15 is 0 Å². The van der Waals surface area contributed by atoms with Gasteiger partial charge >= 0.3 is 11.9 Å². The van der Waals surface area contributed by atoms with Crippen LogP contribution in [-0.4, -0.2) is 83.2 Å². The van der Waals surface area contributed by atoms with Gasteiger partial charge in [-0.3, -0.25) is 9.59 Å². The molecular formula is C42H78O9. The van der Waals surface area contributed by atoms with Crippen LogP contribution in [0.1, 0.15) is 181 Å². The summed E-state index contributed by atoms with van der Waals surface area (Å²) in [5.74, 6) is -0.623. The Balaban J connectivity index is 4.53. The summed E-state index contributed by atoms with van der Waals surface area (Å²) < 4.78 is 16.7. The molecule has 0 bridgehead atoms. The predicted octanol–water partition coefficient (Wildman–Crippen LogP) is 8.83. The lowest BCUT2D eigenvalue weighted by Crippen LogP contribution is -2.22. The summed E-state index contributed by atoms with van der Waals surface area (Å²) in [6, 6.07) is 0. The third kappa shape index (κ3) is 35.0. The Morgan fingerprint density at radius 3 is 1.27 bits per heavy atom. The average molecular weight is 727 g/mol. The summed E-state index contributed by atoms with van der Waals surface area (Å²) in [5, 5.41) is 36.1. The molecule has 0 spiro atoms. The van der Waals surface area contributed by atoms with Gasteiger partial charge in [0.25, 0.3) is 0 Å². The number of hydrogen-bond acceptors (Lipinski definition) is 9. The van der Waals surface area contributed by atoms with Crippen molar-refractivity contribution >= 4 is 11.9 Å². The van der Waals surface area contributed by atoms with Crippen molar-refractivity contribution in [3.05, 3.63) is 24.3 Å². The number of hydrogen-bond donors (Lipinski definition) is 4. The summed E-state index contributed by atoms with van der Waals surface area (Å²) in [7, 11) is 0.